The minimum Gasteiger partial charge on any atom is -0.478 e. The van der Waals surface area contributed by atoms with Gasteiger partial charge in [-0.2, -0.15) is 0 Å². The Morgan fingerprint density at radius 2 is 1.72 bits per heavy atom. The Kier molecular flexibility index (Phi) is 2.80. The van der Waals surface area contributed by atoms with Gasteiger partial charge < -0.3 is 10.4 Å². The predicted molar refractivity (Wildman–Crippen MR) is 58.4 cm³/mol. The monoisotopic (exact) mass is 255 g/mol. The maximum absolute atomic E-state index is 13.1. The second-order valence-corrected chi connectivity index (χ2v) is 4.63. The molecule has 0 heterocycles. The summed E-state index contributed by atoms with van der Waals surface area (Å²) >= 11 is 0. The van der Waals surface area contributed by atoms with Crippen LogP contribution in [-0.2, 0) is 0 Å². The number of aromatic carboxylic acids is 1. The number of carbonyl (C=O) groups excluding carboxylic acids is 1. The molecule has 18 heavy (non-hydrogen) atoms. The van der Waals surface area contributed by atoms with Crippen LogP contribution < -0.4 is 5.32 Å². The van der Waals surface area contributed by atoms with Gasteiger partial charge in [0.15, 0.2) is 11.6 Å². The van der Waals surface area contributed by atoms with E-state index in [0.717, 1.165) is 12.8 Å². The van der Waals surface area contributed by atoms with Crippen LogP contribution in [0.25, 0.3) is 0 Å². The van der Waals surface area contributed by atoms with Crippen molar-refractivity contribution in [3.8, 4) is 0 Å². The number of carboxylic acid groups (broad SMARTS) is 1. The molecule has 1 aromatic rings. The van der Waals surface area contributed by atoms with Gasteiger partial charge in [0.25, 0.3) is 5.91 Å². The fraction of sp³-hybridized carbons (Fsp3) is 0.333. The highest BCUT2D eigenvalue weighted by atomic mass is 19.2. The summed E-state index contributed by atoms with van der Waals surface area (Å²) in [6.45, 7) is 1.80. The summed E-state index contributed by atoms with van der Waals surface area (Å²) in [6, 6.07) is 1.13. The first-order chi connectivity index (χ1) is 8.32. The fourth-order valence-electron chi connectivity index (χ4n) is 1.57. The zero-order valence-corrected chi connectivity index (χ0v) is 9.59. The van der Waals surface area contributed by atoms with Crippen molar-refractivity contribution in [1.29, 1.82) is 0 Å². The Hall–Kier alpha value is -1.98. The van der Waals surface area contributed by atoms with Gasteiger partial charge in [-0.05, 0) is 31.9 Å². The van der Waals surface area contributed by atoms with E-state index in [1.54, 1.807) is 6.92 Å². The lowest BCUT2D eigenvalue weighted by Crippen LogP contribution is -2.35. The Labute approximate surface area is 102 Å². The van der Waals surface area contributed by atoms with Crippen LogP contribution in [0.4, 0.5) is 8.78 Å². The van der Waals surface area contributed by atoms with Gasteiger partial charge in [0, 0.05) is 5.54 Å². The molecule has 0 aromatic heterocycles. The molecule has 0 saturated heterocycles. The average molecular weight is 255 g/mol. The minimum atomic E-state index is -1.47. The van der Waals surface area contributed by atoms with Crippen molar-refractivity contribution in [3.63, 3.8) is 0 Å². The Morgan fingerprint density at radius 3 is 2.17 bits per heavy atom. The van der Waals surface area contributed by atoms with Crippen LogP contribution in [0, 0.1) is 11.6 Å². The first-order valence-corrected chi connectivity index (χ1v) is 5.37. The number of nitrogens with one attached hydrogen (secondary N) is 1. The van der Waals surface area contributed by atoms with Gasteiger partial charge in [-0.25, -0.2) is 13.6 Å². The van der Waals surface area contributed by atoms with Crippen molar-refractivity contribution in [1.82, 2.24) is 5.32 Å². The lowest BCUT2D eigenvalue weighted by Gasteiger charge is -2.13. The van der Waals surface area contributed by atoms with Gasteiger partial charge in [-0.15, -0.1) is 0 Å². The van der Waals surface area contributed by atoms with Crippen LogP contribution in [0.3, 0.4) is 0 Å². The topological polar surface area (TPSA) is 66.4 Å². The molecule has 1 saturated carbocycles. The quantitative estimate of drug-likeness (QED) is 0.867. The maximum Gasteiger partial charge on any atom is 0.336 e. The Morgan fingerprint density at radius 1 is 1.22 bits per heavy atom. The third-order valence-electron chi connectivity index (χ3n) is 2.95. The molecular weight excluding hydrogens is 244 g/mol. The summed E-state index contributed by atoms with van der Waals surface area (Å²) in [5.41, 5.74) is -1.28. The molecule has 0 atom stereocenters. The molecule has 96 valence electrons. The first-order valence-electron chi connectivity index (χ1n) is 5.37. The molecule has 1 aliphatic carbocycles. The number of amides is 1. The highest BCUT2D eigenvalue weighted by Gasteiger charge is 2.39. The Bertz CT molecular complexity index is 538. The van der Waals surface area contributed by atoms with E-state index in [9.17, 15) is 18.4 Å². The third kappa shape index (κ3) is 2.32. The molecule has 2 rings (SSSR count). The molecule has 1 amide bonds. The van der Waals surface area contributed by atoms with Crippen LogP contribution in [0.2, 0.25) is 0 Å². The fourth-order valence-corrected chi connectivity index (χ4v) is 1.57. The van der Waals surface area contributed by atoms with Gasteiger partial charge in [-0.1, -0.05) is 0 Å². The zero-order valence-electron chi connectivity index (χ0n) is 9.59. The van der Waals surface area contributed by atoms with E-state index < -0.39 is 29.1 Å². The van der Waals surface area contributed by atoms with Crippen molar-refractivity contribution in [3.05, 3.63) is 34.9 Å². The standard InChI is InChI=1S/C12H11F2NO3/c1-12(2-3-12)15-10(16)6-4-8(13)9(14)5-7(6)11(17)18/h4-5H,2-3H2,1H3,(H,15,16)(H,17,18). The molecule has 0 unspecified atom stereocenters. The number of rotatable bonds is 3. The van der Waals surface area contributed by atoms with Crippen molar-refractivity contribution in [2.45, 2.75) is 25.3 Å². The van der Waals surface area contributed by atoms with Gasteiger partial charge in [0.1, 0.15) is 0 Å². The van der Waals surface area contributed by atoms with E-state index in [4.69, 9.17) is 5.11 Å². The SMILES string of the molecule is CC1(NC(=O)c2cc(F)c(F)cc2C(=O)O)CC1. The van der Waals surface area contributed by atoms with Gasteiger partial charge in [-0.3, -0.25) is 4.79 Å². The number of halogens is 2. The summed E-state index contributed by atoms with van der Waals surface area (Å²) in [6.07, 6.45) is 1.57. The summed E-state index contributed by atoms with van der Waals surface area (Å²) in [5, 5.41) is 11.5. The molecule has 1 aliphatic rings. The number of benzene rings is 1. The van der Waals surface area contributed by atoms with E-state index in [1.165, 1.54) is 0 Å². The lowest BCUT2D eigenvalue weighted by molar-refractivity contribution is 0.0689. The molecule has 0 spiro atoms. The van der Waals surface area contributed by atoms with E-state index >= 15 is 0 Å². The smallest absolute Gasteiger partial charge is 0.336 e. The van der Waals surface area contributed by atoms with E-state index in [1.807, 2.05) is 0 Å². The molecule has 0 bridgehead atoms. The summed E-state index contributed by atoms with van der Waals surface area (Å²) in [7, 11) is 0. The largest absolute Gasteiger partial charge is 0.478 e. The third-order valence-corrected chi connectivity index (χ3v) is 2.95. The molecular formula is C12H11F2NO3. The second kappa shape index (κ2) is 4.04. The Balaban J connectivity index is 2.38. The molecule has 0 aliphatic heterocycles. The highest BCUT2D eigenvalue weighted by molar-refractivity contribution is 6.05. The number of carbonyl (C=O) groups is 2. The van der Waals surface area contributed by atoms with E-state index in [2.05, 4.69) is 5.32 Å². The highest BCUT2D eigenvalue weighted by Crippen LogP contribution is 2.34. The minimum absolute atomic E-state index is 0.363. The van der Waals surface area contributed by atoms with E-state index in [0.29, 0.717) is 12.1 Å². The molecule has 1 fully saturated rings. The average Bonchev–Trinajstić information content (AvgIpc) is 2.99. The van der Waals surface area contributed by atoms with Gasteiger partial charge >= 0.3 is 5.97 Å². The van der Waals surface area contributed by atoms with Crippen LogP contribution >= 0.6 is 0 Å². The summed E-state index contributed by atoms with van der Waals surface area (Å²) in [5.74, 6) is -4.71. The maximum atomic E-state index is 13.1. The molecule has 4 nitrogen and oxygen atoms in total. The molecule has 2 N–H and O–H groups in total. The van der Waals surface area contributed by atoms with Crippen molar-refractivity contribution in [2.75, 3.05) is 0 Å². The van der Waals surface area contributed by atoms with Crippen molar-refractivity contribution < 1.29 is 23.5 Å². The van der Waals surface area contributed by atoms with Crippen LogP contribution in [0.1, 0.15) is 40.5 Å². The summed E-state index contributed by atoms with van der Waals surface area (Å²) in [4.78, 5) is 22.7. The van der Waals surface area contributed by atoms with E-state index in [-0.39, 0.29) is 11.1 Å². The molecule has 0 radical (unpaired) electrons. The predicted octanol–water partition coefficient (Wildman–Crippen LogP) is 1.95. The van der Waals surface area contributed by atoms with Gasteiger partial charge in [0.2, 0.25) is 0 Å². The van der Waals surface area contributed by atoms with Crippen LogP contribution in [0.15, 0.2) is 12.1 Å². The van der Waals surface area contributed by atoms with Crippen molar-refractivity contribution >= 4 is 11.9 Å². The normalized spacial score (nSPS) is 16.2. The van der Waals surface area contributed by atoms with Crippen LogP contribution in [-0.4, -0.2) is 22.5 Å². The van der Waals surface area contributed by atoms with Gasteiger partial charge in [0.05, 0.1) is 11.1 Å². The lowest BCUT2D eigenvalue weighted by atomic mass is 10.1. The van der Waals surface area contributed by atoms with Crippen LogP contribution in [0.5, 0.6) is 0 Å². The zero-order chi connectivity index (χ0) is 13.5. The number of hydrogen-bond donors (Lipinski definition) is 2. The number of carboxylic acids is 1. The van der Waals surface area contributed by atoms with Crippen molar-refractivity contribution in [2.24, 2.45) is 0 Å². The summed E-state index contributed by atoms with van der Waals surface area (Å²) < 4.78 is 26.0. The first kappa shape index (κ1) is 12.5. The molecule has 6 heteroatoms. The number of hydrogen-bond acceptors (Lipinski definition) is 2. The second-order valence-electron chi connectivity index (χ2n) is 4.63. The molecule has 1 aromatic carbocycles.